The Hall–Kier alpha value is -2.17. The number of pyridine rings is 1. The van der Waals surface area contributed by atoms with Gasteiger partial charge in [0.2, 0.25) is 0 Å². The Kier molecular flexibility index (Phi) is 4.43. The number of piperidine rings is 1. The summed E-state index contributed by atoms with van der Waals surface area (Å²) in [4.78, 5) is 18.8. The maximum Gasteiger partial charge on any atom is 0.309 e. The van der Waals surface area contributed by atoms with Crippen molar-refractivity contribution in [1.29, 1.82) is 0 Å². The monoisotopic (exact) mass is 330 g/mol. The summed E-state index contributed by atoms with van der Waals surface area (Å²) < 4.78 is 19.1. The number of esters is 1. The van der Waals surface area contributed by atoms with E-state index in [4.69, 9.17) is 4.74 Å². The van der Waals surface area contributed by atoms with Gasteiger partial charge < -0.3 is 9.64 Å². The molecule has 4 nitrogen and oxygen atoms in total. The summed E-state index contributed by atoms with van der Waals surface area (Å²) in [5.74, 6) is 0.321. The van der Waals surface area contributed by atoms with Crippen LogP contribution in [0.1, 0.15) is 33.6 Å². The van der Waals surface area contributed by atoms with Crippen LogP contribution in [-0.2, 0) is 9.53 Å². The van der Waals surface area contributed by atoms with Crippen LogP contribution in [0.3, 0.4) is 0 Å². The third kappa shape index (κ3) is 3.66. The number of halogens is 1. The molecular formula is C19H23FN2O2. The Morgan fingerprint density at radius 2 is 1.96 bits per heavy atom. The molecule has 128 valence electrons. The second-order valence-electron chi connectivity index (χ2n) is 7.29. The number of rotatable bonds is 2. The van der Waals surface area contributed by atoms with E-state index >= 15 is 0 Å². The molecule has 2 heterocycles. The molecular weight excluding hydrogens is 307 g/mol. The van der Waals surface area contributed by atoms with Crippen LogP contribution in [0.5, 0.6) is 0 Å². The highest BCUT2D eigenvalue weighted by Gasteiger charge is 2.29. The fourth-order valence-corrected chi connectivity index (χ4v) is 3.09. The first kappa shape index (κ1) is 16.7. The van der Waals surface area contributed by atoms with Crippen LogP contribution in [0.4, 0.5) is 10.2 Å². The van der Waals surface area contributed by atoms with Crippen molar-refractivity contribution in [2.24, 2.45) is 5.92 Å². The van der Waals surface area contributed by atoms with Gasteiger partial charge in [0.1, 0.15) is 17.2 Å². The summed E-state index contributed by atoms with van der Waals surface area (Å²) >= 11 is 0. The second-order valence-corrected chi connectivity index (χ2v) is 7.29. The zero-order valence-corrected chi connectivity index (χ0v) is 14.4. The first-order valence-corrected chi connectivity index (χ1v) is 8.35. The van der Waals surface area contributed by atoms with Gasteiger partial charge in [0, 0.05) is 24.7 Å². The normalized spacial score (nSPS) is 16.4. The molecule has 0 atom stereocenters. The van der Waals surface area contributed by atoms with E-state index in [1.165, 1.54) is 12.1 Å². The highest BCUT2D eigenvalue weighted by molar-refractivity contribution is 5.92. The molecule has 1 aliphatic heterocycles. The number of anilines is 1. The van der Waals surface area contributed by atoms with Crippen LogP contribution >= 0.6 is 0 Å². The van der Waals surface area contributed by atoms with Gasteiger partial charge >= 0.3 is 5.97 Å². The van der Waals surface area contributed by atoms with E-state index in [0.717, 1.165) is 29.4 Å². The lowest BCUT2D eigenvalue weighted by atomic mass is 9.96. The van der Waals surface area contributed by atoms with E-state index in [2.05, 4.69) is 9.88 Å². The predicted molar refractivity (Wildman–Crippen MR) is 92.5 cm³/mol. The van der Waals surface area contributed by atoms with Gasteiger partial charge in [-0.15, -0.1) is 0 Å². The zero-order valence-electron chi connectivity index (χ0n) is 14.4. The molecule has 1 saturated heterocycles. The molecule has 0 spiro atoms. The van der Waals surface area contributed by atoms with E-state index < -0.39 is 5.60 Å². The number of hydrogen-bond donors (Lipinski definition) is 0. The summed E-state index contributed by atoms with van der Waals surface area (Å²) in [6.45, 7) is 7.08. The van der Waals surface area contributed by atoms with Crippen molar-refractivity contribution < 1.29 is 13.9 Å². The molecule has 0 amide bonds. The lowest BCUT2D eigenvalue weighted by Gasteiger charge is -2.33. The molecule has 5 heteroatoms. The van der Waals surface area contributed by atoms with Crippen LogP contribution in [0.2, 0.25) is 0 Å². The van der Waals surface area contributed by atoms with Crippen LogP contribution in [0.15, 0.2) is 30.5 Å². The number of nitrogens with zero attached hydrogens (tertiary/aromatic N) is 2. The Balaban J connectivity index is 1.73. The Morgan fingerprint density at radius 1 is 1.25 bits per heavy atom. The first-order valence-electron chi connectivity index (χ1n) is 8.35. The summed E-state index contributed by atoms with van der Waals surface area (Å²) in [5.41, 5.74) is -0.455. The summed E-state index contributed by atoms with van der Waals surface area (Å²) in [6, 6.07) is 6.63. The third-order valence-corrected chi connectivity index (χ3v) is 4.24. The molecule has 0 bridgehead atoms. The number of benzene rings is 1. The molecule has 0 N–H and O–H groups in total. The number of aromatic nitrogens is 1. The second kappa shape index (κ2) is 6.38. The van der Waals surface area contributed by atoms with E-state index in [-0.39, 0.29) is 17.7 Å². The van der Waals surface area contributed by atoms with Gasteiger partial charge in [0.05, 0.1) is 5.92 Å². The maximum absolute atomic E-state index is 13.6. The van der Waals surface area contributed by atoms with E-state index in [1.807, 2.05) is 26.8 Å². The van der Waals surface area contributed by atoms with Gasteiger partial charge in [-0.1, -0.05) is 6.07 Å². The van der Waals surface area contributed by atoms with Crippen LogP contribution < -0.4 is 4.90 Å². The fraction of sp³-hybridized carbons (Fsp3) is 0.474. The number of carbonyl (C=O) groups is 1. The summed E-state index contributed by atoms with van der Waals surface area (Å²) in [5, 5.41) is 1.78. The number of fused-ring (bicyclic) bond motifs is 1. The summed E-state index contributed by atoms with van der Waals surface area (Å²) in [7, 11) is 0. The average molecular weight is 330 g/mol. The van der Waals surface area contributed by atoms with E-state index in [9.17, 15) is 9.18 Å². The van der Waals surface area contributed by atoms with Gasteiger partial charge in [-0.05, 0) is 57.2 Å². The smallest absolute Gasteiger partial charge is 0.309 e. The summed E-state index contributed by atoms with van der Waals surface area (Å²) in [6.07, 6.45) is 3.19. The molecule has 2 aromatic rings. The SMILES string of the molecule is CC(C)(C)OC(=O)C1CCN(c2nccc3ccc(F)cc23)CC1. The van der Waals surface area contributed by atoms with Gasteiger partial charge in [0.25, 0.3) is 0 Å². The molecule has 1 fully saturated rings. The minimum Gasteiger partial charge on any atom is -0.460 e. The predicted octanol–water partition coefficient (Wildman–Crippen LogP) is 3.93. The molecule has 1 aromatic heterocycles. The minimum absolute atomic E-state index is 0.0767. The zero-order chi connectivity index (χ0) is 17.3. The topological polar surface area (TPSA) is 42.4 Å². The van der Waals surface area contributed by atoms with Crippen molar-refractivity contribution in [3.63, 3.8) is 0 Å². The average Bonchev–Trinajstić information content (AvgIpc) is 2.53. The largest absolute Gasteiger partial charge is 0.460 e. The van der Waals surface area contributed by atoms with E-state index in [0.29, 0.717) is 13.1 Å². The molecule has 1 aliphatic rings. The van der Waals surface area contributed by atoms with Crippen molar-refractivity contribution in [2.75, 3.05) is 18.0 Å². The van der Waals surface area contributed by atoms with Crippen LogP contribution in [0.25, 0.3) is 10.8 Å². The molecule has 0 aliphatic carbocycles. The molecule has 3 rings (SSSR count). The highest BCUT2D eigenvalue weighted by atomic mass is 19.1. The maximum atomic E-state index is 13.6. The highest BCUT2D eigenvalue weighted by Crippen LogP contribution is 2.29. The number of carbonyl (C=O) groups excluding carboxylic acids is 1. The number of ether oxygens (including phenoxy) is 1. The lowest BCUT2D eigenvalue weighted by Crippen LogP contribution is -2.39. The molecule has 0 unspecified atom stereocenters. The fourth-order valence-electron chi connectivity index (χ4n) is 3.09. The molecule has 0 saturated carbocycles. The first-order chi connectivity index (χ1) is 11.3. The van der Waals surface area contributed by atoms with Gasteiger partial charge in [0.15, 0.2) is 0 Å². The molecule has 0 radical (unpaired) electrons. The number of hydrogen-bond acceptors (Lipinski definition) is 4. The van der Waals surface area contributed by atoms with Crippen molar-refractivity contribution >= 4 is 22.6 Å². The standard InChI is InChI=1S/C19H23FN2O2/c1-19(2,3)24-18(23)14-7-10-22(11-8-14)17-16-12-15(20)5-4-13(16)6-9-21-17/h4-6,9,12,14H,7-8,10-11H2,1-3H3. The van der Waals surface area contributed by atoms with Crippen molar-refractivity contribution in [1.82, 2.24) is 4.98 Å². The van der Waals surface area contributed by atoms with Gasteiger partial charge in [-0.2, -0.15) is 0 Å². The quantitative estimate of drug-likeness (QED) is 0.783. The molecule has 24 heavy (non-hydrogen) atoms. The Morgan fingerprint density at radius 3 is 2.62 bits per heavy atom. The van der Waals surface area contributed by atoms with Crippen molar-refractivity contribution in [2.45, 2.75) is 39.2 Å². The third-order valence-electron chi connectivity index (χ3n) is 4.24. The van der Waals surface area contributed by atoms with Crippen molar-refractivity contribution in [3.05, 3.63) is 36.3 Å². The lowest BCUT2D eigenvalue weighted by molar-refractivity contribution is -0.160. The molecule has 1 aromatic carbocycles. The minimum atomic E-state index is -0.455. The van der Waals surface area contributed by atoms with Gasteiger partial charge in [-0.3, -0.25) is 4.79 Å². The Labute approximate surface area is 141 Å². The van der Waals surface area contributed by atoms with Crippen LogP contribution in [0, 0.1) is 11.7 Å². The van der Waals surface area contributed by atoms with Crippen molar-refractivity contribution in [3.8, 4) is 0 Å². The van der Waals surface area contributed by atoms with Gasteiger partial charge in [-0.25, -0.2) is 9.37 Å². The van der Waals surface area contributed by atoms with E-state index in [1.54, 1.807) is 12.3 Å². The van der Waals surface area contributed by atoms with Crippen LogP contribution in [-0.4, -0.2) is 29.6 Å². The Bertz CT molecular complexity index is 747.